The molecule has 3 heterocycles. The zero-order valence-electron chi connectivity index (χ0n) is 15.7. The van der Waals surface area contributed by atoms with Gasteiger partial charge in [-0.1, -0.05) is 32.9 Å². The highest BCUT2D eigenvalue weighted by molar-refractivity contribution is 7.21. The van der Waals surface area contributed by atoms with Crippen molar-refractivity contribution >= 4 is 33.1 Å². The quantitative estimate of drug-likeness (QED) is 0.566. The molecule has 1 amide bonds. The molecular weight excluding hydrogens is 372 g/mol. The maximum Gasteiger partial charge on any atom is 0.276 e. The predicted molar refractivity (Wildman–Crippen MR) is 109 cm³/mol. The van der Waals surface area contributed by atoms with Crippen molar-refractivity contribution in [3.05, 3.63) is 60.6 Å². The van der Waals surface area contributed by atoms with Crippen molar-refractivity contribution in [2.45, 2.75) is 26.2 Å². The van der Waals surface area contributed by atoms with E-state index in [1.54, 1.807) is 18.6 Å². The molecule has 0 saturated heterocycles. The topological polar surface area (TPSA) is 93.6 Å². The molecular formula is C20H18N6OS. The van der Waals surface area contributed by atoms with E-state index < -0.39 is 0 Å². The van der Waals surface area contributed by atoms with Gasteiger partial charge in [0.15, 0.2) is 5.69 Å². The van der Waals surface area contributed by atoms with Gasteiger partial charge in [0, 0.05) is 17.8 Å². The van der Waals surface area contributed by atoms with Gasteiger partial charge in [0.05, 0.1) is 28.3 Å². The lowest BCUT2D eigenvalue weighted by molar-refractivity contribution is 0.102. The van der Waals surface area contributed by atoms with E-state index in [0.717, 1.165) is 10.2 Å². The van der Waals surface area contributed by atoms with Crippen molar-refractivity contribution in [2.24, 2.45) is 0 Å². The number of benzene rings is 1. The molecule has 7 nitrogen and oxygen atoms in total. The summed E-state index contributed by atoms with van der Waals surface area (Å²) in [4.78, 5) is 34.6. The molecule has 0 unspecified atom stereocenters. The maximum absolute atomic E-state index is 12.8. The number of carbonyl (C=O) groups excluding carboxylic acids is 1. The van der Waals surface area contributed by atoms with Gasteiger partial charge in [-0.3, -0.25) is 4.79 Å². The Labute approximate surface area is 166 Å². The lowest BCUT2D eigenvalue weighted by Crippen LogP contribution is -2.18. The Morgan fingerprint density at radius 1 is 1.00 bits per heavy atom. The number of rotatable bonds is 3. The number of fused-ring (bicyclic) bond motifs is 1. The molecule has 0 spiro atoms. The number of carbonyl (C=O) groups is 1. The van der Waals surface area contributed by atoms with Crippen LogP contribution < -0.4 is 5.32 Å². The summed E-state index contributed by atoms with van der Waals surface area (Å²) < 4.78 is 1.03. The molecule has 0 aliphatic carbocycles. The molecule has 1 aromatic carbocycles. The number of anilines is 1. The summed E-state index contributed by atoms with van der Waals surface area (Å²) in [6.45, 7) is 6.10. The van der Waals surface area contributed by atoms with Crippen molar-refractivity contribution < 1.29 is 4.79 Å². The van der Waals surface area contributed by atoms with Gasteiger partial charge in [0.2, 0.25) is 0 Å². The summed E-state index contributed by atoms with van der Waals surface area (Å²) in [6, 6.07) is 7.80. The molecule has 140 valence electrons. The Bertz CT molecular complexity index is 1110. The van der Waals surface area contributed by atoms with Crippen molar-refractivity contribution in [1.29, 1.82) is 0 Å². The first-order valence-corrected chi connectivity index (χ1v) is 9.54. The highest BCUT2D eigenvalue weighted by Crippen LogP contribution is 2.30. The van der Waals surface area contributed by atoms with E-state index in [9.17, 15) is 4.79 Å². The normalized spacial score (nSPS) is 11.5. The summed E-state index contributed by atoms with van der Waals surface area (Å²) >= 11 is 1.47. The maximum atomic E-state index is 12.8. The van der Waals surface area contributed by atoms with E-state index in [2.05, 4.69) is 30.2 Å². The fourth-order valence-corrected chi connectivity index (χ4v) is 3.57. The van der Waals surface area contributed by atoms with Gasteiger partial charge in [-0.2, -0.15) is 0 Å². The molecule has 0 fully saturated rings. The number of hydrogen-bond acceptors (Lipinski definition) is 7. The minimum Gasteiger partial charge on any atom is -0.318 e. The molecule has 1 N–H and O–H groups in total. The highest BCUT2D eigenvalue weighted by Gasteiger charge is 2.20. The van der Waals surface area contributed by atoms with E-state index in [4.69, 9.17) is 0 Å². The van der Waals surface area contributed by atoms with Crippen molar-refractivity contribution in [2.75, 3.05) is 5.32 Å². The second kappa shape index (κ2) is 7.05. The van der Waals surface area contributed by atoms with Crippen molar-refractivity contribution in [3.63, 3.8) is 0 Å². The van der Waals surface area contributed by atoms with Gasteiger partial charge in [-0.15, -0.1) is 11.3 Å². The van der Waals surface area contributed by atoms with Gasteiger partial charge in [-0.05, 0) is 12.1 Å². The molecule has 3 aromatic heterocycles. The third kappa shape index (κ3) is 3.59. The molecule has 4 aromatic rings. The highest BCUT2D eigenvalue weighted by atomic mass is 32.1. The number of nitrogens with one attached hydrogen (secondary N) is 1. The predicted octanol–water partition coefficient (Wildman–Crippen LogP) is 4.09. The second-order valence-electron chi connectivity index (χ2n) is 7.24. The minimum atomic E-state index is -0.380. The number of aromatic nitrogens is 5. The summed E-state index contributed by atoms with van der Waals surface area (Å²) in [5, 5.41) is 3.44. The number of thiazole rings is 1. The molecule has 28 heavy (non-hydrogen) atoms. The molecule has 8 heteroatoms. The smallest absolute Gasteiger partial charge is 0.276 e. The zero-order valence-corrected chi connectivity index (χ0v) is 16.5. The first-order chi connectivity index (χ1) is 13.4. The molecule has 0 saturated carbocycles. The fraction of sp³-hybridized carbons (Fsp3) is 0.200. The van der Waals surface area contributed by atoms with Crippen molar-refractivity contribution in [1.82, 2.24) is 24.9 Å². The Morgan fingerprint density at radius 2 is 1.71 bits per heavy atom. The largest absolute Gasteiger partial charge is 0.318 e. The minimum absolute atomic E-state index is 0.159. The number of amides is 1. The first kappa shape index (κ1) is 18.1. The van der Waals surface area contributed by atoms with Crippen LogP contribution >= 0.6 is 11.3 Å². The molecule has 0 aliphatic heterocycles. The van der Waals surface area contributed by atoms with Crippen LogP contribution in [0.3, 0.4) is 0 Å². The number of nitrogens with zero attached hydrogens (tertiary/aromatic N) is 5. The summed E-state index contributed by atoms with van der Waals surface area (Å²) in [6.07, 6.45) is 6.24. The van der Waals surface area contributed by atoms with Crippen LogP contribution in [0.15, 0.2) is 49.1 Å². The Kier molecular flexibility index (Phi) is 4.56. The summed E-state index contributed by atoms with van der Waals surface area (Å²) in [5.41, 5.74) is 1.87. The second-order valence-corrected chi connectivity index (χ2v) is 8.27. The third-order valence-electron chi connectivity index (χ3n) is 3.99. The fourth-order valence-electron chi connectivity index (χ4n) is 2.60. The number of para-hydroxylation sites is 1. The molecule has 0 radical (unpaired) electrons. The van der Waals surface area contributed by atoms with Gasteiger partial charge in [0.25, 0.3) is 5.91 Å². The Morgan fingerprint density at radius 3 is 2.43 bits per heavy atom. The SMILES string of the molecule is CC(C)(C)c1ncc(NC(=O)c2nccnc2-c2nc3ccccc3s2)cn1. The Balaban J connectivity index is 1.63. The molecule has 0 bridgehead atoms. The van der Waals surface area contributed by atoms with E-state index in [1.807, 2.05) is 45.0 Å². The molecule has 4 rings (SSSR count). The van der Waals surface area contributed by atoms with Crippen LogP contribution in [-0.2, 0) is 5.41 Å². The lowest BCUT2D eigenvalue weighted by Gasteiger charge is -2.16. The lowest BCUT2D eigenvalue weighted by atomic mass is 9.96. The summed E-state index contributed by atoms with van der Waals surface area (Å²) in [5.74, 6) is 0.328. The van der Waals surface area contributed by atoms with E-state index in [0.29, 0.717) is 22.2 Å². The average molecular weight is 390 g/mol. The van der Waals surface area contributed by atoms with E-state index in [-0.39, 0.29) is 17.0 Å². The molecule has 0 atom stereocenters. The number of hydrogen-bond donors (Lipinski definition) is 1. The van der Waals surface area contributed by atoms with Crippen LogP contribution in [0.1, 0.15) is 37.1 Å². The Hall–Kier alpha value is -3.26. The van der Waals surface area contributed by atoms with E-state index >= 15 is 0 Å². The van der Waals surface area contributed by atoms with Crippen molar-refractivity contribution in [3.8, 4) is 10.7 Å². The first-order valence-electron chi connectivity index (χ1n) is 8.72. The monoisotopic (exact) mass is 390 g/mol. The van der Waals surface area contributed by atoms with Gasteiger partial charge < -0.3 is 5.32 Å². The van der Waals surface area contributed by atoms with Gasteiger partial charge >= 0.3 is 0 Å². The van der Waals surface area contributed by atoms with E-state index in [1.165, 1.54) is 17.5 Å². The van der Waals surface area contributed by atoms with Crippen LogP contribution in [-0.4, -0.2) is 30.8 Å². The van der Waals surface area contributed by atoms with Crippen LogP contribution in [0.5, 0.6) is 0 Å². The van der Waals surface area contributed by atoms with Crippen LogP contribution in [0.2, 0.25) is 0 Å². The zero-order chi connectivity index (χ0) is 19.7. The third-order valence-corrected chi connectivity index (χ3v) is 5.03. The van der Waals surface area contributed by atoms with Crippen LogP contribution in [0.4, 0.5) is 5.69 Å². The van der Waals surface area contributed by atoms with Gasteiger partial charge in [0.1, 0.15) is 16.5 Å². The molecule has 0 aliphatic rings. The average Bonchev–Trinajstić information content (AvgIpc) is 3.12. The van der Waals surface area contributed by atoms with Crippen LogP contribution in [0, 0.1) is 0 Å². The van der Waals surface area contributed by atoms with Crippen LogP contribution in [0.25, 0.3) is 20.9 Å². The van der Waals surface area contributed by atoms with Gasteiger partial charge in [-0.25, -0.2) is 24.9 Å². The standard InChI is InChI=1S/C20H18N6OS/c1-20(2,3)19-23-10-12(11-24-19)25-17(27)15-16(22-9-8-21-15)18-26-13-6-4-5-7-14(13)28-18/h4-11H,1-3H3,(H,25,27). The summed E-state index contributed by atoms with van der Waals surface area (Å²) in [7, 11) is 0.